The molecule has 4 rings (SSSR count). The van der Waals surface area contributed by atoms with E-state index in [0.717, 1.165) is 12.2 Å². The Kier molecular flexibility index (Phi) is 9.74. The highest BCUT2D eigenvalue weighted by atomic mass is 32.2. The number of hydrogen-bond donors (Lipinski definition) is 3. The summed E-state index contributed by atoms with van der Waals surface area (Å²) < 4.78 is 74.6. The molecule has 0 aliphatic rings. The third-order valence-corrected chi connectivity index (χ3v) is 10.4. The summed E-state index contributed by atoms with van der Waals surface area (Å²) in [4.78, 5) is 32.7. The van der Waals surface area contributed by atoms with Crippen LogP contribution in [0.1, 0.15) is 0 Å². The molecule has 0 atom stereocenters. The standard InChI is InChI=1S/C30H25N2O10PS2/c1-3-29(33)31-21-5-13-25(14-6-21)44(37,38)27-17-9-23(10-18-27)41-43(35,36)42-24-11-19-28(20-12-24)45(39,40)26-15-7-22(8-16-26)32-30(34)4-2/h3-20H,1-2H2,(H,31,33)(H,32,34)(H,35,36). The van der Waals surface area contributed by atoms with E-state index in [1.807, 2.05) is 0 Å². The zero-order valence-electron chi connectivity index (χ0n) is 23.2. The minimum atomic E-state index is -4.79. The third-order valence-electron chi connectivity index (χ3n) is 5.94. The van der Waals surface area contributed by atoms with Gasteiger partial charge < -0.3 is 19.7 Å². The predicted octanol–water partition coefficient (Wildman–Crippen LogP) is 5.16. The van der Waals surface area contributed by atoms with E-state index in [1.54, 1.807) is 0 Å². The van der Waals surface area contributed by atoms with Crippen LogP contribution in [0, 0.1) is 0 Å². The van der Waals surface area contributed by atoms with Crippen LogP contribution < -0.4 is 19.7 Å². The van der Waals surface area contributed by atoms with E-state index in [0.29, 0.717) is 11.4 Å². The van der Waals surface area contributed by atoms with Crippen LogP contribution in [-0.4, -0.2) is 33.5 Å². The number of phosphoric ester groups is 1. The van der Waals surface area contributed by atoms with E-state index in [4.69, 9.17) is 9.05 Å². The molecule has 0 radical (unpaired) electrons. The average Bonchev–Trinajstić information content (AvgIpc) is 3.01. The Morgan fingerprint density at radius 3 is 1.11 bits per heavy atom. The molecule has 4 aromatic carbocycles. The summed E-state index contributed by atoms with van der Waals surface area (Å²) in [5, 5.41) is 5.02. The monoisotopic (exact) mass is 668 g/mol. The second-order valence-electron chi connectivity index (χ2n) is 9.04. The summed E-state index contributed by atoms with van der Waals surface area (Å²) in [6, 6.07) is 20.3. The molecule has 0 aromatic heterocycles. The van der Waals surface area contributed by atoms with Crippen molar-refractivity contribution in [3.05, 3.63) is 122 Å². The van der Waals surface area contributed by atoms with Crippen LogP contribution in [0.4, 0.5) is 11.4 Å². The van der Waals surface area contributed by atoms with Crippen molar-refractivity contribution in [2.75, 3.05) is 10.6 Å². The Morgan fingerprint density at radius 1 is 0.578 bits per heavy atom. The maximum atomic E-state index is 13.0. The van der Waals surface area contributed by atoms with Gasteiger partial charge in [-0.3, -0.25) is 14.5 Å². The number of rotatable bonds is 12. The van der Waals surface area contributed by atoms with Crippen LogP contribution in [0.15, 0.2) is 142 Å². The van der Waals surface area contributed by atoms with Gasteiger partial charge in [0.1, 0.15) is 11.5 Å². The second kappa shape index (κ2) is 13.3. The first-order chi connectivity index (χ1) is 21.2. The fraction of sp³-hybridized carbons (Fsp3) is 0. The van der Waals surface area contributed by atoms with Crippen LogP contribution in [0.3, 0.4) is 0 Å². The van der Waals surface area contributed by atoms with Crippen molar-refractivity contribution in [3.8, 4) is 11.5 Å². The lowest BCUT2D eigenvalue weighted by Crippen LogP contribution is -2.08. The number of anilines is 2. The van der Waals surface area contributed by atoms with Crippen LogP contribution in [0.2, 0.25) is 0 Å². The highest BCUT2D eigenvalue weighted by Crippen LogP contribution is 2.44. The van der Waals surface area contributed by atoms with Gasteiger partial charge in [-0.25, -0.2) is 21.4 Å². The first-order valence-corrected chi connectivity index (χ1v) is 17.2. The molecule has 0 aliphatic heterocycles. The molecule has 0 heterocycles. The van der Waals surface area contributed by atoms with E-state index >= 15 is 0 Å². The number of hydrogen-bond acceptors (Lipinski definition) is 9. The number of phosphoric acid groups is 1. The quantitative estimate of drug-likeness (QED) is 0.135. The van der Waals surface area contributed by atoms with Crippen molar-refractivity contribution < 1.29 is 44.9 Å². The Morgan fingerprint density at radius 2 is 0.844 bits per heavy atom. The first-order valence-electron chi connectivity index (χ1n) is 12.7. The molecule has 0 saturated heterocycles. The summed E-state index contributed by atoms with van der Waals surface area (Å²) in [6.45, 7) is 6.69. The van der Waals surface area contributed by atoms with E-state index in [1.165, 1.54) is 97.1 Å². The minimum Gasteiger partial charge on any atom is -0.395 e. The number of carbonyl (C=O) groups is 2. The number of benzene rings is 4. The Bertz CT molecular complexity index is 1870. The lowest BCUT2D eigenvalue weighted by atomic mass is 10.3. The van der Waals surface area contributed by atoms with Gasteiger partial charge in [0, 0.05) is 11.4 Å². The molecule has 45 heavy (non-hydrogen) atoms. The van der Waals surface area contributed by atoms with E-state index in [2.05, 4.69) is 23.8 Å². The molecular formula is C30H25N2O10PS2. The number of carbonyl (C=O) groups excluding carboxylic acids is 2. The molecular weight excluding hydrogens is 643 g/mol. The fourth-order valence-corrected chi connectivity index (χ4v) is 7.07. The van der Waals surface area contributed by atoms with Gasteiger partial charge in [-0.1, -0.05) is 13.2 Å². The molecule has 12 nitrogen and oxygen atoms in total. The van der Waals surface area contributed by atoms with Gasteiger partial charge in [0.05, 0.1) is 19.6 Å². The fourth-order valence-electron chi connectivity index (χ4n) is 3.74. The molecule has 232 valence electrons. The predicted molar refractivity (Wildman–Crippen MR) is 165 cm³/mol. The molecule has 0 saturated carbocycles. The number of nitrogens with one attached hydrogen (secondary N) is 2. The van der Waals surface area contributed by atoms with Gasteiger partial charge in [-0.2, -0.15) is 0 Å². The maximum Gasteiger partial charge on any atom is 0.584 e. The lowest BCUT2D eigenvalue weighted by molar-refractivity contribution is -0.112. The van der Waals surface area contributed by atoms with Gasteiger partial charge in [-0.05, 0) is 109 Å². The molecule has 4 aromatic rings. The van der Waals surface area contributed by atoms with E-state index < -0.39 is 39.3 Å². The van der Waals surface area contributed by atoms with Crippen molar-refractivity contribution in [2.24, 2.45) is 0 Å². The zero-order chi connectivity index (χ0) is 32.8. The Balaban J connectivity index is 1.41. The van der Waals surface area contributed by atoms with Crippen LogP contribution >= 0.6 is 7.82 Å². The normalized spacial score (nSPS) is 11.6. The molecule has 3 N–H and O–H groups in total. The van der Waals surface area contributed by atoms with Crippen molar-refractivity contribution in [3.63, 3.8) is 0 Å². The molecule has 0 bridgehead atoms. The molecule has 0 unspecified atom stereocenters. The summed E-state index contributed by atoms with van der Waals surface area (Å²) in [5.74, 6) is -1.25. The Labute approximate surface area is 259 Å². The first kappa shape index (κ1) is 32.9. The van der Waals surface area contributed by atoms with E-state index in [9.17, 15) is 35.9 Å². The topological polar surface area (TPSA) is 182 Å². The van der Waals surface area contributed by atoms with Gasteiger partial charge in [0.15, 0.2) is 0 Å². The van der Waals surface area contributed by atoms with E-state index in [-0.39, 0.29) is 31.1 Å². The number of amides is 2. The second-order valence-corrected chi connectivity index (χ2v) is 14.2. The molecule has 2 amide bonds. The van der Waals surface area contributed by atoms with Crippen LogP contribution in [0.25, 0.3) is 0 Å². The van der Waals surface area contributed by atoms with Crippen molar-refractivity contribution >= 4 is 50.7 Å². The smallest absolute Gasteiger partial charge is 0.395 e. The lowest BCUT2D eigenvalue weighted by Gasteiger charge is -2.14. The molecule has 0 fully saturated rings. The van der Waals surface area contributed by atoms with Gasteiger partial charge in [0.2, 0.25) is 31.5 Å². The summed E-state index contributed by atoms with van der Waals surface area (Å²) in [6.07, 6.45) is 2.15. The minimum absolute atomic E-state index is 0.0524. The van der Waals surface area contributed by atoms with Gasteiger partial charge in [-0.15, -0.1) is 0 Å². The highest BCUT2D eigenvalue weighted by molar-refractivity contribution is 7.91. The van der Waals surface area contributed by atoms with Crippen molar-refractivity contribution in [2.45, 2.75) is 19.6 Å². The highest BCUT2D eigenvalue weighted by Gasteiger charge is 2.27. The summed E-state index contributed by atoms with van der Waals surface area (Å²) >= 11 is 0. The average molecular weight is 669 g/mol. The Hall–Kier alpha value is -5.01. The summed E-state index contributed by atoms with van der Waals surface area (Å²) in [5.41, 5.74) is 0.750. The summed E-state index contributed by atoms with van der Waals surface area (Å²) in [7, 11) is -12.7. The van der Waals surface area contributed by atoms with Gasteiger partial charge in [0.25, 0.3) is 0 Å². The number of sulfone groups is 2. The SMILES string of the molecule is C=CC(=O)Nc1ccc(S(=O)(=O)c2ccc(OP(=O)(O)Oc3ccc(S(=O)(=O)c4ccc(NC(=O)C=C)cc4)cc3)cc2)cc1. The third kappa shape index (κ3) is 8.13. The molecule has 15 heteroatoms. The van der Waals surface area contributed by atoms with Crippen molar-refractivity contribution in [1.29, 1.82) is 0 Å². The molecule has 0 aliphatic carbocycles. The maximum absolute atomic E-state index is 13.0. The zero-order valence-corrected chi connectivity index (χ0v) is 25.7. The largest absolute Gasteiger partial charge is 0.584 e. The van der Waals surface area contributed by atoms with Crippen molar-refractivity contribution in [1.82, 2.24) is 0 Å². The van der Waals surface area contributed by atoms with Gasteiger partial charge >= 0.3 is 7.82 Å². The van der Waals surface area contributed by atoms with Crippen LogP contribution in [-0.2, 0) is 33.8 Å². The molecule has 0 spiro atoms. The van der Waals surface area contributed by atoms with Crippen LogP contribution in [0.5, 0.6) is 11.5 Å².